The summed E-state index contributed by atoms with van der Waals surface area (Å²) in [6, 6.07) is 0.179. The molecule has 0 saturated carbocycles. The van der Waals surface area contributed by atoms with Gasteiger partial charge in [0, 0.05) is 19.0 Å². The van der Waals surface area contributed by atoms with Crippen LogP contribution in [0.15, 0.2) is 0 Å². The van der Waals surface area contributed by atoms with Gasteiger partial charge in [0.2, 0.25) is 5.91 Å². The van der Waals surface area contributed by atoms with Crippen LogP contribution in [0.1, 0.15) is 71.6 Å². The fraction of sp³-hybridized carbons (Fsp3) is 0.929. The van der Waals surface area contributed by atoms with Crippen LogP contribution in [0.3, 0.4) is 0 Å². The molecule has 3 heteroatoms. The molecule has 0 fully saturated rings. The number of unbranched alkanes of at least 4 members (excludes halogenated alkanes) is 5. The van der Waals surface area contributed by atoms with Crippen molar-refractivity contribution in [3.8, 4) is 0 Å². The van der Waals surface area contributed by atoms with Crippen molar-refractivity contribution in [1.82, 2.24) is 5.32 Å². The number of hydrogen-bond donors (Lipinski definition) is 2. The molecule has 3 N–H and O–H groups in total. The first-order chi connectivity index (χ1) is 8.24. The number of carbonyl (C=O) groups is 1. The van der Waals surface area contributed by atoms with Crippen molar-refractivity contribution in [2.45, 2.75) is 77.7 Å². The van der Waals surface area contributed by atoms with Gasteiger partial charge in [0.15, 0.2) is 0 Å². The Morgan fingerprint density at radius 1 is 1.06 bits per heavy atom. The standard InChI is InChI=1S/C14H30N2O/c1-3-5-7-8-9-11-14(17)16-13(12-15)10-6-4-2/h13H,3-12,15H2,1-2H3,(H,16,17). The summed E-state index contributed by atoms with van der Waals surface area (Å²) in [6.07, 6.45) is 9.92. The zero-order chi connectivity index (χ0) is 12.9. The molecule has 0 saturated heterocycles. The summed E-state index contributed by atoms with van der Waals surface area (Å²) in [5, 5.41) is 3.03. The summed E-state index contributed by atoms with van der Waals surface area (Å²) in [5.41, 5.74) is 5.64. The molecule has 3 nitrogen and oxygen atoms in total. The third-order valence-corrected chi connectivity index (χ3v) is 3.06. The van der Waals surface area contributed by atoms with E-state index in [0.29, 0.717) is 13.0 Å². The van der Waals surface area contributed by atoms with Gasteiger partial charge in [0.25, 0.3) is 0 Å². The fourth-order valence-electron chi connectivity index (χ4n) is 1.89. The predicted molar refractivity (Wildman–Crippen MR) is 73.9 cm³/mol. The maximum absolute atomic E-state index is 11.6. The molecule has 0 aromatic carbocycles. The molecule has 0 rings (SSSR count). The summed E-state index contributed by atoms with van der Waals surface area (Å²) in [6.45, 7) is 4.91. The molecule has 1 unspecified atom stereocenters. The predicted octanol–water partition coefficient (Wildman–Crippen LogP) is 2.98. The molecular weight excluding hydrogens is 212 g/mol. The van der Waals surface area contributed by atoms with E-state index in [9.17, 15) is 4.79 Å². The normalized spacial score (nSPS) is 12.4. The van der Waals surface area contributed by atoms with Crippen molar-refractivity contribution < 1.29 is 4.79 Å². The van der Waals surface area contributed by atoms with E-state index in [1.807, 2.05) is 0 Å². The topological polar surface area (TPSA) is 55.1 Å². The maximum Gasteiger partial charge on any atom is 0.220 e. The number of carbonyl (C=O) groups excluding carboxylic acids is 1. The number of amides is 1. The Balaban J connectivity index is 3.53. The molecule has 102 valence electrons. The summed E-state index contributed by atoms with van der Waals surface area (Å²) < 4.78 is 0. The Labute approximate surface area is 107 Å². The summed E-state index contributed by atoms with van der Waals surface area (Å²) in [4.78, 5) is 11.6. The molecule has 0 aliphatic heterocycles. The van der Waals surface area contributed by atoms with Crippen LogP contribution in [0.25, 0.3) is 0 Å². The van der Waals surface area contributed by atoms with Gasteiger partial charge in [-0.2, -0.15) is 0 Å². The third kappa shape index (κ3) is 10.3. The van der Waals surface area contributed by atoms with Crippen molar-refractivity contribution >= 4 is 5.91 Å². The largest absolute Gasteiger partial charge is 0.352 e. The molecule has 0 aliphatic carbocycles. The molecule has 0 radical (unpaired) electrons. The highest BCUT2D eigenvalue weighted by Gasteiger charge is 2.09. The van der Waals surface area contributed by atoms with Crippen LogP contribution >= 0.6 is 0 Å². The Morgan fingerprint density at radius 2 is 1.71 bits per heavy atom. The van der Waals surface area contributed by atoms with Gasteiger partial charge < -0.3 is 11.1 Å². The van der Waals surface area contributed by atoms with Crippen LogP contribution in [0, 0.1) is 0 Å². The van der Waals surface area contributed by atoms with Gasteiger partial charge >= 0.3 is 0 Å². The summed E-state index contributed by atoms with van der Waals surface area (Å²) >= 11 is 0. The quantitative estimate of drug-likeness (QED) is 0.547. The van der Waals surface area contributed by atoms with E-state index in [1.165, 1.54) is 25.7 Å². The molecule has 1 amide bonds. The second kappa shape index (κ2) is 11.9. The van der Waals surface area contributed by atoms with Crippen molar-refractivity contribution in [2.75, 3.05) is 6.54 Å². The molecule has 0 aliphatic rings. The number of nitrogens with one attached hydrogen (secondary N) is 1. The smallest absolute Gasteiger partial charge is 0.220 e. The van der Waals surface area contributed by atoms with Gasteiger partial charge in [-0.15, -0.1) is 0 Å². The van der Waals surface area contributed by atoms with Gasteiger partial charge in [-0.3, -0.25) is 4.79 Å². The minimum atomic E-state index is 0.174. The number of hydrogen-bond acceptors (Lipinski definition) is 2. The second-order valence-electron chi connectivity index (χ2n) is 4.81. The molecule has 0 heterocycles. The number of nitrogens with two attached hydrogens (primary N) is 1. The lowest BCUT2D eigenvalue weighted by atomic mass is 10.1. The van der Waals surface area contributed by atoms with Crippen molar-refractivity contribution in [3.63, 3.8) is 0 Å². The van der Waals surface area contributed by atoms with Crippen LogP contribution < -0.4 is 11.1 Å². The minimum absolute atomic E-state index is 0.174. The highest BCUT2D eigenvalue weighted by atomic mass is 16.1. The highest BCUT2D eigenvalue weighted by Crippen LogP contribution is 2.05. The van der Waals surface area contributed by atoms with E-state index < -0.39 is 0 Å². The third-order valence-electron chi connectivity index (χ3n) is 3.06. The fourth-order valence-corrected chi connectivity index (χ4v) is 1.89. The van der Waals surface area contributed by atoms with Gasteiger partial charge in [-0.25, -0.2) is 0 Å². The van der Waals surface area contributed by atoms with Gasteiger partial charge in [0.05, 0.1) is 0 Å². The Hall–Kier alpha value is -0.570. The average Bonchev–Trinajstić information content (AvgIpc) is 2.34. The molecular formula is C14H30N2O. The van der Waals surface area contributed by atoms with Gasteiger partial charge in [-0.05, 0) is 12.8 Å². The van der Waals surface area contributed by atoms with Gasteiger partial charge in [0.1, 0.15) is 0 Å². The van der Waals surface area contributed by atoms with Crippen molar-refractivity contribution in [3.05, 3.63) is 0 Å². The maximum atomic E-state index is 11.6. The van der Waals surface area contributed by atoms with Crippen molar-refractivity contribution in [1.29, 1.82) is 0 Å². The first-order valence-electron chi connectivity index (χ1n) is 7.24. The molecule has 0 bridgehead atoms. The average molecular weight is 242 g/mol. The highest BCUT2D eigenvalue weighted by molar-refractivity contribution is 5.76. The Kier molecular flexibility index (Phi) is 11.5. The SMILES string of the molecule is CCCCCCCC(=O)NC(CN)CCCC. The van der Waals surface area contributed by atoms with E-state index in [1.54, 1.807) is 0 Å². The molecule has 0 aromatic rings. The van der Waals surface area contributed by atoms with E-state index in [2.05, 4.69) is 19.2 Å². The second-order valence-corrected chi connectivity index (χ2v) is 4.81. The van der Waals surface area contributed by atoms with E-state index >= 15 is 0 Å². The van der Waals surface area contributed by atoms with E-state index in [-0.39, 0.29) is 11.9 Å². The van der Waals surface area contributed by atoms with Crippen LogP contribution in [-0.2, 0) is 4.79 Å². The van der Waals surface area contributed by atoms with Crippen LogP contribution in [-0.4, -0.2) is 18.5 Å². The monoisotopic (exact) mass is 242 g/mol. The molecule has 17 heavy (non-hydrogen) atoms. The lowest BCUT2D eigenvalue weighted by Crippen LogP contribution is -2.40. The Bertz CT molecular complexity index is 183. The lowest BCUT2D eigenvalue weighted by molar-refractivity contribution is -0.121. The van der Waals surface area contributed by atoms with Crippen LogP contribution in [0.5, 0.6) is 0 Å². The Morgan fingerprint density at radius 3 is 2.29 bits per heavy atom. The summed E-state index contributed by atoms with van der Waals surface area (Å²) in [7, 11) is 0. The molecule has 0 spiro atoms. The van der Waals surface area contributed by atoms with Crippen LogP contribution in [0.2, 0.25) is 0 Å². The lowest BCUT2D eigenvalue weighted by Gasteiger charge is -2.16. The zero-order valence-electron chi connectivity index (χ0n) is 11.6. The van der Waals surface area contributed by atoms with Crippen LogP contribution in [0.4, 0.5) is 0 Å². The van der Waals surface area contributed by atoms with E-state index in [4.69, 9.17) is 5.73 Å². The summed E-state index contributed by atoms with van der Waals surface area (Å²) in [5.74, 6) is 0.174. The number of rotatable bonds is 11. The molecule has 1 atom stereocenters. The van der Waals surface area contributed by atoms with Crippen molar-refractivity contribution in [2.24, 2.45) is 5.73 Å². The first kappa shape index (κ1) is 16.4. The molecule has 0 aromatic heterocycles. The zero-order valence-corrected chi connectivity index (χ0v) is 11.6. The first-order valence-corrected chi connectivity index (χ1v) is 7.24. The van der Waals surface area contributed by atoms with Gasteiger partial charge in [-0.1, -0.05) is 52.4 Å². The minimum Gasteiger partial charge on any atom is -0.352 e. The van der Waals surface area contributed by atoms with E-state index in [0.717, 1.165) is 25.7 Å².